The first-order valence-electron chi connectivity index (χ1n) is 5.75. The number of ketones is 1. The van der Waals surface area contributed by atoms with E-state index >= 15 is 0 Å². The number of benzene rings is 1. The van der Waals surface area contributed by atoms with Crippen LogP contribution < -0.4 is 0 Å². The van der Waals surface area contributed by atoms with Gasteiger partial charge >= 0.3 is 0 Å². The lowest BCUT2D eigenvalue weighted by Gasteiger charge is -2.12. The normalized spacial score (nSPS) is 15.9. The second-order valence-electron chi connectivity index (χ2n) is 4.23. The van der Waals surface area contributed by atoms with Gasteiger partial charge in [-0.1, -0.05) is 12.0 Å². The Bertz CT molecular complexity index is 395. The van der Waals surface area contributed by atoms with Crippen molar-refractivity contribution in [1.82, 2.24) is 0 Å². The molecule has 1 aromatic carbocycles. The fourth-order valence-electron chi connectivity index (χ4n) is 2.03. The summed E-state index contributed by atoms with van der Waals surface area (Å²) < 4.78 is 12.7. The van der Waals surface area contributed by atoms with Gasteiger partial charge in [-0.2, -0.15) is 0 Å². The maximum absolute atomic E-state index is 12.7. The maximum Gasteiger partial charge on any atom is 0.185 e. The van der Waals surface area contributed by atoms with Crippen molar-refractivity contribution in [2.75, 3.05) is 0 Å². The lowest BCUT2D eigenvalue weighted by atomic mass is 9.93. The van der Waals surface area contributed by atoms with Crippen molar-refractivity contribution in [3.05, 3.63) is 47.3 Å². The molecule has 1 aliphatic carbocycles. The molecule has 1 aliphatic rings. The highest BCUT2D eigenvalue weighted by Gasteiger charge is 2.08. The summed E-state index contributed by atoms with van der Waals surface area (Å²) in [6, 6.07) is 5.73. The van der Waals surface area contributed by atoms with Gasteiger partial charge in [-0.3, -0.25) is 4.79 Å². The first kappa shape index (κ1) is 11.1. The minimum absolute atomic E-state index is 0.00287. The van der Waals surface area contributed by atoms with Gasteiger partial charge in [0.2, 0.25) is 0 Å². The van der Waals surface area contributed by atoms with Crippen LogP contribution in [0.3, 0.4) is 0 Å². The Morgan fingerprint density at radius 2 is 1.69 bits per heavy atom. The summed E-state index contributed by atoms with van der Waals surface area (Å²) in [5.74, 6) is -0.307. The van der Waals surface area contributed by atoms with Crippen LogP contribution in [0.1, 0.15) is 42.5 Å². The molecule has 0 bridgehead atoms. The van der Waals surface area contributed by atoms with Gasteiger partial charge in [-0.15, -0.1) is 0 Å². The van der Waals surface area contributed by atoms with Crippen LogP contribution in [0.15, 0.2) is 35.9 Å². The van der Waals surface area contributed by atoms with Crippen molar-refractivity contribution < 1.29 is 9.18 Å². The van der Waals surface area contributed by atoms with Crippen LogP contribution in [-0.2, 0) is 0 Å². The Morgan fingerprint density at radius 1 is 1.06 bits per heavy atom. The average Bonchev–Trinajstić information content (AvgIpc) is 2.31. The van der Waals surface area contributed by atoms with E-state index in [-0.39, 0.29) is 11.6 Å². The van der Waals surface area contributed by atoms with Crippen LogP contribution in [0.5, 0.6) is 0 Å². The van der Waals surface area contributed by atoms with Crippen LogP contribution in [0.2, 0.25) is 0 Å². The molecular weight excluding hydrogens is 203 g/mol. The largest absolute Gasteiger partial charge is 0.289 e. The standard InChI is InChI=1S/C14H15FO/c15-13-8-6-12(7-9-13)14(16)10-11-4-2-1-3-5-11/h6-10H,1-5H2. The van der Waals surface area contributed by atoms with Crippen molar-refractivity contribution in [3.63, 3.8) is 0 Å². The van der Waals surface area contributed by atoms with Crippen LogP contribution in [0.25, 0.3) is 0 Å². The lowest BCUT2D eigenvalue weighted by Crippen LogP contribution is -2.00. The SMILES string of the molecule is O=C(C=C1CCCCC1)c1ccc(F)cc1. The summed E-state index contributed by atoms with van der Waals surface area (Å²) in [6.07, 6.45) is 7.43. The summed E-state index contributed by atoms with van der Waals surface area (Å²) in [7, 11) is 0. The Labute approximate surface area is 95.0 Å². The summed E-state index contributed by atoms with van der Waals surface area (Å²) in [4.78, 5) is 11.8. The molecule has 1 fully saturated rings. The topological polar surface area (TPSA) is 17.1 Å². The van der Waals surface area contributed by atoms with Crippen LogP contribution in [0, 0.1) is 5.82 Å². The molecule has 0 N–H and O–H groups in total. The third-order valence-electron chi connectivity index (χ3n) is 2.96. The highest BCUT2D eigenvalue weighted by molar-refractivity contribution is 6.04. The number of hydrogen-bond donors (Lipinski definition) is 0. The molecule has 2 heteroatoms. The number of carbonyl (C=O) groups excluding carboxylic acids is 1. The Hall–Kier alpha value is -1.44. The van der Waals surface area contributed by atoms with Crippen molar-refractivity contribution in [2.45, 2.75) is 32.1 Å². The van der Waals surface area contributed by atoms with Gasteiger partial charge in [0, 0.05) is 5.56 Å². The van der Waals surface area contributed by atoms with Gasteiger partial charge in [0.15, 0.2) is 5.78 Å². The van der Waals surface area contributed by atoms with E-state index in [4.69, 9.17) is 0 Å². The van der Waals surface area contributed by atoms with Gasteiger partial charge in [0.1, 0.15) is 5.82 Å². The van der Waals surface area contributed by atoms with Gasteiger partial charge < -0.3 is 0 Å². The van der Waals surface area contributed by atoms with E-state index in [2.05, 4.69) is 0 Å². The smallest absolute Gasteiger partial charge is 0.185 e. The van der Waals surface area contributed by atoms with Crippen LogP contribution in [0.4, 0.5) is 4.39 Å². The predicted molar refractivity (Wildman–Crippen MR) is 61.9 cm³/mol. The molecule has 0 aliphatic heterocycles. The predicted octanol–water partition coefficient (Wildman–Crippen LogP) is 3.90. The zero-order chi connectivity index (χ0) is 11.4. The van der Waals surface area contributed by atoms with Crippen molar-refractivity contribution >= 4 is 5.78 Å². The van der Waals surface area contributed by atoms with E-state index in [1.54, 1.807) is 6.08 Å². The molecule has 1 aromatic rings. The summed E-state index contributed by atoms with van der Waals surface area (Å²) in [5.41, 5.74) is 1.81. The Balaban J connectivity index is 2.09. The van der Waals surface area contributed by atoms with Gasteiger partial charge in [0.25, 0.3) is 0 Å². The molecule has 0 heterocycles. The minimum atomic E-state index is -0.304. The molecule has 84 valence electrons. The lowest BCUT2D eigenvalue weighted by molar-refractivity contribution is 0.104. The molecule has 0 radical (unpaired) electrons. The molecule has 0 atom stereocenters. The highest BCUT2D eigenvalue weighted by Crippen LogP contribution is 2.23. The van der Waals surface area contributed by atoms with E-state index in [1.165, 1.54) is 49.1 Å². The van der Waals surface area contributed by atoms with E-state index in [1.807, 2.05) is 0 Å². The molecule has 16 heavy (non-hydrogen) atoms. The third-order valence-corrected chi connectivity index (χ3v) is 2.96. The Morgan fingerprint density at radius 3 is 2.31 bits per heavy atom. The third kappa shape index (κ3) is 2.78. The van der Waals surface area contributed by atoms with Gasteiger partial charge in [-0.25, -0.2) is 4.39 Å². The molecule has 0 aromatic heterocycles. The van der Waals surface area contributed by atoms with Crippen molar-refractivity contribution in [3.8, 4) is 0 Å². The minimum Gasteiger partial charge on any atom is -0.289 e. The molecule has 1 nitrogen and oxygen atoms in total. The van der Waals surface area contributed by atoms with E-state index in [0.717, 1.165) is 12.8 Å². The maximum atomic E-state index is 12.7. The molecule has 0 amide bonds. The second kappa shape index (κ2) is 5.06. The number of hydrogen-bond acceptors (Lipinski definition) is 1. The molecule has 0 unspecified atom stereocenters. The monoisotopic (exact) mass is 218 g/mol. The first-order chi connectivity index (χ1) is 7.75. The van der Waals surface area contributed by atoms with E-state index in [9.17, 15) is 9.18 Å². The highest BCUT2D eigenvalue weighted by atomic mass is 19.1. The van der Waals surface area contributed by atoms with Crippen molar-refractivity contribution in [2.24, 2.45) is 0 Å². The van der Waals surface area contributed by atoms with E-state index < -0.39 is 0 Å². The second-order valence-corrected chi connectivity index (χ2v) is 4.23. The molecule has 1 saturated carbocycles. The van der Waals surface area contributed by atoms with Gasteiger partial charge in [-0.05, 0) is 56.0 Å². The zero-order valence-corrected chi connectivity index (χ0v) is 9.21. The number of rotatable bonds is 2. The first-order valence-corrected chi connectivity index (χ1v) is 5.75. The van der Waals surface area contributed by atoms with E-state index in [0.29, 0.717) is 5.56 Å². The summed E-state index contributed by atoms with van der Waals surface area (Å²) >= 11 is 0. The summed E-state index contributed by atoms with van der Waals surface area (Å²) in [6.45, 7) is 0. The number of carbonyl (C=O) groups is 1. The van der Waals surface area contributed by atoms with Crippen LogP contribution >= 0.6 is 0 Å². The molecular formula is C14H15FO. The van der Waals surface area contributed by atoms with Crippen LogP contribution in [-0.4, -0.2) is 5.78 Å². The average molecular weight is 218 g/mol. The number of halogens is 1. The molecule has 0 spiro atoms. The fraction of sp³-hybridized carbons (Fsp3) is 0.357. The van der Waals surface area contributed by atoms with Gasteiger partial charge in [0.05, 0.1) is 0 Å². The summed E-state index contributed by atoms with van der Waals surface area (Å²) in [5, 5.41) is 0. The van der Waals surface area contributed by atoms with Crippen molar-refractivity contribution in [1.29, 1.82) is 0 Å². The fourth-order valence-corrected chi connectivity index (χ4v) is 2.03. The zero-order valence-electron chi connectivity index (χ0n) is 9.21. The number of allylic oxidation sites excluding steroid dienone is 2. The Kier molecular flexibility index (Phi) is 3.50. The quantitative estimate of drug-likeness (QED) is 0.543. The molecule has 0 saturated heterocycles. The molecule has 2 rings (SSSR count).